The number of phenols is 1. The van der Waals surface area contributed by atoms with Crippen molar-refractivity contribution in [3.63, 3.8) is 0 Å². The molecule has 2 aliphatic heterocycles. The highest BCUT2D eigenvalue weighted by Crippen LogP contribution is 2.60. The van der Waals surface area contributed by atoms with E-state index < -0.39 is 0 Å². The molecule has 304 valence electrons. The normalized spacial score (nSPS) is 28.3. The molecule has 1 aromatic rings. The summed E-state index contributed by atoms with van der Waals surface area (Å²) in [6.45, 7) is 4.21. The molecule has 5 amide bonds. The maximum atomic E-state index is 12.4. The number of carbonyl (C=O) groups is 4. The zero-order valence-corrected chi connectivity index (χ0v) is 33.6. The SMILES string of the molecule is C[C@]12CC[C@@H]3c4ccc(O)cc4CC[C@H]3[C@@H]1CC/C2=N/OCC(=O)NCCCCCCNC(=O)CCCCCNC(=O)CCCC[C@@H]1SC[C@@H]2NC(=O)N[C@@H]21. The van der Waals surface area contributed by atoms with Gasteiger partial charge in [-0.25, -0.2) is 4.79 Å². The smallest absolute Gasteiger partial charge is 0.315 e. The van der Waals surface area contributed by atoms with E-state index >= 15 is 0 Å². The summed E-state index contributed by atoms with van der Waals surface area (Å²) in [4.78, 5) is 53.9. The number of oxime groups is 1. The second-order valence-electron chi connectivity index (χ2n) is 16.7. The van der Waals surface area contributed by atoms with Crippen molar-refractivity contribution in [3.8, 4) is 5.75 Å². The first-order chi connectivity index (χ1) is 26.7. The van der Waals surface area contributed by atoms with Crippen LogP contribution in [0.15, 0.2) is 23.4 Å². The zero-order valence-electron chi connectivity index (χ0n) is 32.8. The van der Waals surface area contributed by atoms with Gasteiger partial charge in [0.2, 0.25) is 11.8 Å². The molecule has 3 aliphatic carbocycles. The average molecular weight is 781 g/mol. The molecule has 13 heteroatoms. The number of aryl methyl sites for hydroxylation is 1. The van der Waals surface area contributed by atoms with Gasteiger partial charge in [0.15, 0.2) is 6.61 Å². The molecule has 1 aromatic carbocycles. The summed E-state index contributed by atoms with van der Waals surface area (Å²) in [7, 11) is 0. The second-order valence-corrected chi connectivity index (χ2v) is 18.0. The first kappa shape index (κ1) is 41.2. The molecule has 0 spiro atoms. The number of carbonyl (C=O) groups excluding carboxylic acids is 4. The number of nitrogens with one attached hydrogen (secondary N) is 5. The number of benzene rings is 1. The van der Waals surface area contributed by atoms with Crippen LogP contribution in [0, 0.1) is 17.3 Å². The van der Waals surface area contributed by atoms with E-state index in [0.29, 0.717) is 61.2 Å². The van der Waals surface area contributed by atoms with E-state index in [0.717, 1.165) is 114 Å². The third kappa shape index (κ3) is 11.1. The number of urea groups is 1. The van der Waals surface area contributed by atoms with Crippen molar-refractivity contribution in [2.24, 2.45) is 22.4 Å². The predicted molar refractivity (Wildman–Crippen MR) is 216 cm³/mol. The number of fused-ring (bicyclic) bond motifs is 6. The van der Waals surface area contributed by atoms with E-state index in [2.05, 4.69) is 44.7 Å². The Labute approximate surface area is 331 Å². The van der Waals surface area contributed by atoms with Gasteiger partial charge in [0.05, 0.1) is 17.8 Å². The molecular weight excluding hydrogens is 717 g/mol. The fraction of sp³-hybridized carbons (Fsp3) is 0.738. The van der Waals surface area contributed by atoms with Crippen LogP contribution < -0.4 is 26.6 Å². The van der Waals surface area contributed by atoms with Gasteiger partial charge >= 0.3 is 6.03 Å². The van der Waals surface area contributed by atoms with Crippen molar-refractivity contribution < 1.29 is 29.1 Å². The zero-order chi connectivity index (χ0) is 38.6. The van der Waals surface area contributed by atoms with Crippen molar-refractivity contribution in [3.05, 3.63) is 29.3 Å². The number of phenolic OH excluding ortho intramolecular Hbond substituents is 1. The van der Waals surface area contributed by atoms with Crippen molar-refractivity contribution in [2.45, 2.75) is 146 Å². The molecule has 0 radical (unpaired) electrons. The lowest BCUT2D eigenvalue weighted by Crippen LogP contribution is -2.42. The highest BCUT2D eigenvalue weighted by atomic mass is 32.2. The number of rotatable bonds is 21. The van der Waals surface area contributed by atoms with Crippen LogP contribution in [0.25, 0.3) is 0 Å². The Kier molecular flexibility index (Phi) is 15.0. The van der Waals surface area contributed by atoms with Crippen LogP contribution in [0.1, 0.15) is 133 Å². The van der Waals surface area contributed by atoms with Crippen LogP contribution in [0.4, 0.5) is 4.79 Å². The van der Waals surface area contributed by atoms with E-state index in [9.17, 15) is 24.3 Å². The molecule has 5 aliphatic rings. The molecule has 4 fully saturated rings. The van der Waals surface area contributed by atoms with E-state index in [1.54, 1.807) is 0 Å². The largest absolute Gasteiger partial charge is 0.508 e. The highest BCUT2D eigenvalue weighted by molar-refractivity contribution is 8.00. The van der Waals surface area contributed by atoms with Crippen molar-refractivity contribution in [1.29, 1.82) is 0 Å². The molecule has 7 atom stereocenters. The quantitative estimate of drug-likeness (QED) is 0.0519. The number of aromatic hydroxyl groups is 1. The van der Waals surface area contributed by atoms with Crippen LogP contribution in [-0.4, -0.2) is 83.9 Å². The highest BCUT2D eigenvalue weighted by Gasteiger charge is 2.54. The second kappa shape index (κ2) is 20.1. The Morgan fingerprint density at radius 1 is 0.873 bits per heavy atom. The van der Waals surface area contributed by atoms with E-state index in [1.807, 2.05) is 23.9 Å². The fourth-order valence-electron chi connectivity index (χ4n) is 10.1. The van der Waals surface area contributed by atoms with E-state index in [4.69, 9.17) is 4.84 Å². The van der Waals surface area contributed by atoms with Crippen LogP contribution in [0.2, 0.25) is 0 Å². The van der Waals surface area contributed by atoms with Gasteiger partial charge in [0, 0.05) is 48.9 Å². The molecule has 2 heterocycles. The third-order valence-corrected chi connectivity index (χ3v) is 14.6. The number of unbranched alkanes of at least 4 members (excludes halogenated alkanes) is 6. The van der Waals surface area contributed by atoms with E-state index in [1.165, 1.54) is 11.1 Å². The monoisotopic (exact) mass is 780 g/mol. The maximum Gasteiger partial charge on any atom is 0.315 e. The Morgan fingerprint density at radius 3 is 2.31 bits per heavy atom. The molecular formula is C42H64N6O6S. The first-order valence-corrected chi connectivity index (χ1v) is 22.3. The lowest BCUT2D eigenvalue weighted by atomic mass is 9.55. The predicted octanol–water partition coefficient (Wildman–Crippen LogP) is 5.82. The lowest BCUT2D eigenvalue weighted by molar-refractivity contribution is -0.125. The topological polar surface area (TPSA) is 170 Å². The maximum absolute atomic E-state index is 12.4. The average Bonchev–Trinajstić information content (AvgIpc) is 3.84. The van der Waals surface area contributed by atoms with Gasteiger partial charge in [-0.2, -0.15) is 11.8 Å². The standard InChI is InChI=1S/C42H64N6O6S/c1-42-21-20-31-30-17-15-29(49)25-28(30)14-16-32(31)33(42)18-19-36(42)48-54-26-39(52)45-24-9-3-2-8-22-43-37(50)12-5-4-10-23-44-38(51)13-7-6-11-35-40-34(27-55-35)46-41(53)47-40/h15,17,25,31-35,40,49H,2-14,16,18-24,26-27H2,1H3,(H,43,50)(H,44,51)(H,45,52)(H2,46,47,53)/b48-36-/t31-,32-,33+,34+,35+,40+,42+/m1/s1. The summed E-state index contributed by atoms with van der Waals surface area (Å²) in [5.41, 5.74) is 3.88. The summed E-state index contributed by atoms with van der Waals surface area (Å²) in [5, 5.41) is 29.9. The van der Waals surface area contributed by atoms with Gasteiger partial charge in [-0.3, -0.25) is 14.4 Å². The number of nitrogens with zero attached hydrogens (tertiary/aromatic N) is 1. The van der Waals surface area contributed by atoms with Gasteiger partial charge in [0.1, 0.15) is 5.75 Å². The molecule has 0 bridgehead atoms. The van der Waals surface area contributed by atoms with E-state index in [-0.39, 0.29) is 47.9 Å². The summed E-state index contributed by atoms with van der Waals surface area (Å²) < 4.78 is 0. The van der Waals surface area contributed by atoms with Crippen LogP contribution in [0.5, 0.6) is 5.75 Å². The number of hydrogen-bond acceptors (Lipinski definition) is 8. The summed E-state index contributed by atoms with van der Waals surface area (Å²) in [6.07, 6.45) is 16.7. The molecule has 6 N–H and O–H groups in total. The summed E-state index contributed by atoms with van der Waals surface area (Å²) in [6, 6.07) is 6.34. The number of hydrogen-bond donors (Lipinski definition) is 6. The third-order valence-electron chi connectivity index (χ3n) is 13.1. The summed E-state index contributed by atoms with van der Waals surface area (Å²) >= 11 is 1.91. The molecule has 0 unspecified atom stereocenters. The van der Waals surface area contributed by atoms with Gasteiger partial charge in [-0.1, -0.05) is 43.8 Å². The Hall–Kier alpha value is -3.48. The van der Waals surface area contributed by atoms with Gasteiger partial charge in [-0.15, -0.1) is 0 Å². The minimum atomic E-state index is -0.141. The van der Waals surface area contributed by atoms with Crippen molar-refractivity contribution >= 4 is 41.2 Å². The van der Waals surface area contributed by atoms with Gasteiger partial charge < -0.3 is 36.5 Å². The Bertz CT molecular complexity index is 1520. The Balaban J connectivity index is 0.714. The molecule has 55 heavy (non-hydrogen) atoms. The van der Waals surface area contributed by atoms with Crippen molar-refractivity contribution in [2.75, 3.05) is 32.0 Å². The molecule has 12 nitrogen and oxygen atoms in total. The Morgan fingerprint density at radius 2 is 1.56 bits per heavy atom. The van der Waals surface area contributed by atoms with Gasteiger partial charge in [-0.05, 0) is 118 Å². The lowest BCUT2D eigenvalue weighted by Gasteiger charge is -2.49. The first-order valence-electron chi connectivity index (χ1n) is 21.2. The number of thioether (sulfide) groups is 1. The number of amides is 5. The van der Waals surface area contributed by atoms with Gasteiger partial charge in [0.25, 0.3) is 5.91 Å². The minimum Gasteiger partial charge on any atom is -0.508 e. The van der Waals surface area contributed by atoms with Crippen LogP contribution >= 0.6 is 11.8 Å². The van der Waals surface area contributed by atoms with Crippen LogP contribution in [0.3, 0.4) is 0 Å². The van der Waals surface area contributed by atoms with Crippen LogP contribution in [-0.2, 0) is 25.6 Å². The molecule has 2 saturated carbocycles. The minimum absolute atomic E-state index is 0.0309. The van der Waals surface area contributed by atoms with Crippen molar-refractivity contribution in [1.82, 2.24) is 26.6 Å². The molecule has 0 aromatic heterocycles. The fourth-order valence-corrected chi connectivity index (χ4v) is 11.6. The summed E-state index contributed by atoms with van der Waals surface area (Å²) in [5.74, 6) is 3.12. The molecule has 6 rings (SSSR count). The molecule has 2 saturated heterocycles.